The number of benzene rings is 2. The van der Waals surface area contributed by atoms with Gasteiger partial charge in [0.05, 0.1) is 17.8 Å². The Hall–Kier alpha value is -3.57. The highest BCUT2D eigenvalue weighted by atomic mass is 35.5. The van der Waals surface area contributed by atoms with E-state index in [1.807, 2.05) is 0 Å². The molecule has 0 aliphatic heterocycles. The van der Waals surface area contributed by atoms with Crippen molar-refractivity contribution in [1.82, 2.24) is 4.98 Å². The number of hydrogen-bond donors (Lipinski definition) is 3. The molecule has 0 atom stereocenters. The Kier molecular flexibility index (Phi) is 4.73. The zero-order chi connectivity index (χ0) is 18.7. The van der Waals surface area contributed by atoms with Crippen LogP contribution in [0, 0.1) is 16.7 Å². The summed E-state index contributed by atoms with van der Waals surface area (Å²) in [7, 11) is 1.54. The lowest BCUT2D eigenvalue weighted by atomic mass is 10.2. The SMILES string of the molecule is COc1ccc(-c2nc3cc(N/N=C(\C#N)C(=N)N)ccc3o2)cc1Cl. The third kappa shape index (κ3) is 3.43. The van der Waals surface area contributed by atoms with Crippen LogP contribution < -0.4 is 15.9 Å². The van der Waals surface area contributed by atoms with Crippen LogP contribution in [-0.2, 0) is 0 Å². The number of methoxy groups -OCH3 is 1. The minimum absolute atomic E-state index is 0.209. The van der Waals surface area contributed by atoms with Crippen molar-refractivity contribution in [3.8, 4) is 23.3 Å². The molecule has 0 spiro atoms. The highest BCUT2D eigenvalue weighted by Gasteiger charge is 2.11. The summed E-state index contributed by atoms with van der Waals surface area (Å²) >= 11 is 6.14. The van der Waals surface area contributed by atoms with Gasteiger partial charge in [0.25, 0.3) is 0 Å². The molecule has 9 heteroatoms. The lowest BCUT2D eigenvalue weighted by Gasteiger charge is -2.03. The molecule has 2 aromatic carbocycles. The number of nitrogens with zero attached hydrogens (tertiary/aromatic N) is 3. The maximum Gasteiger partial charge on any atom is 0.227 e. The van der Waals surface area contributed by atoms with E-state index in [0.29, 0.717) is 39.0 Å². The first-order valence-electron chi connectivity index (χ1n) is 7.34. The second kappa shape index (κ2) is 7.13. The van der Waals surface area contributed by atoms with Gasteiger partial charge in [-0.05, 0) is 36.4 Å². The Morgan fingerprint density at radius 2 is 2.19 bits per heavy atom. The van der Waals surface area contributed by atoms with Crippen LogP contribution in [0.25, 0.3) is 22.6 Å². The number of fused-ring (bicyclic) bond motifs is 1. The van der Waals surface area contributed by atoms with Gasteiger partial charge in [-0.3, -0.25) is 10.8 Å². The maximum absolute atomic E-state index is 8.85. The van der Waals surface area contributed by atoms with E-state index in [4.69, 9.17) is 37.2 Å². The van der Waals surface area contributed by atoms with E-state index in [9.17, 15) is 0 Å². The number of hydrogen-bond acceptors (Lipinski definition) is 7. The van der Waals surface area contributed by atoms with Gasteiger partial charge >= 0.3 is 0 Å². The van der Waals surface area contributed by atoms with Gasteiger partial charge in [0.2, 0.25) is 11.6 Å². The van der Waals surface area contributed by atoms with E-state index < -0.39 is 5.84 Å². The Morgan fingerprint density at radius 3 is 2.85 bits per heavy atom. The van der Waals surface area contributed by atoms with Crippen molar-refractivity contribution in [2.45, 2.75) is 0 Å². The molecule has 0 saturated carbocycles. The number of anilines is 1. The smallest absolute Gasteiger partial charge is 0.227 e. The first-order chi connectivity index (χ1) is 12.5. The molecule has 0 fully saturated rings. The second-order valence-electron chi connectivity index (χ2n) is 5.15. The van der Waals surface area contributed by atoms with Crippen molar-refractivity contribution in [2.75, 3.05) is 12.5 Å². The van der Waals surface area contributed by atoms with E-state index >= 15 is 0 Å². The van der Waals surface area contributed by atoms with Gasteiger partial charge < -0.3 is 14.9 Å². The van der Waals surface area contributed by atoms with Crippen molar-refractivity contribution in [1.29, 1.82) is 10.7 Å². The number of nitrogens with two attached hydrogens (primary N) is 1. The first-order valence-corrected chi connectivity index (χ1v) is 7.72. The topological polar surface area (TPSA) is 133 Å². The predicted octanol–water partition coefficient (Wildman–Crippen LogP) is 3.38. The van der Waals surface area contributed by atoms with Crippen LogP contribution >= 0.6 is 11.6 Å². The molecule has 130 valence electrons. The van der Waals surface area contributed by atoms with E-state index in [1.54, 1.807) is 49.6 Å². The third-order valence-corrected chi connectivity index (χ3v) is 3.74. The van der Waals surface area contributed by atoms with Gasteiger partial charge in [-0.25, -0.2) is 4.98 Å². The zero-order valence-electron chi connectivity index (χ0n) is 13.6. The number of ether oxygens (including phenoxy) is 1. The van der Waals surface area contributed by atoms with Gasteiger partial charge in [-0.2, -0.15) is 10.4 Å². The largest absolute Gasteiger partial charge is 0.495 e. The van der Waals surface area contributed by atoms with Gasteiger partial charge in [0.15, 0.2) is 11.4 Å². The lowest BCUT2D eigenvalue weighted by Crippen LogP contribution is -2.21. The van der Waals surface area contributed by atoms with Crippen LogP contribution in [0.4, 0.5) is 5.69 Å². The molecule has 1 heterocycles. The fraction of sp³-hybridized carbons (Fsp3) is 0.0588. The molecule has 0 bridgehead atoms. The minimum atomic E-state index is -0.416. The summed E-state index contributed by atoms with van der Waals surface area (Å²) < 4.78 is 10.9. The zero-order valence-corrected chi connectivity index (χ0v) is 14.3. The van der Waals surface area contributed by atoms with E-state index in [1.165, 1.54) is 0 Å². The minimum Gasteiger partial charge on any atom is -0.495 e. The van der Waals surface area contributed by atoms with Crippen LogP contribution in [0.5, 0.6) is 5.75 Å². The third-order valence-electron chi connectivity index (χ3n) is 3.44. The highest BCUT2D eigenvalue weighted by Crippen LogP contribution is 2.32. The molecule has 0 amide bonds. The summed E-state index contributed by atoms with van der Waals surface area (Å²) in [5.41, 5.74) is 10.2. The summed E-state index contributed by atoms with van der Waals surface area (Å²) in [5.74, 6) is 0.558. The number of amidine groups is 1. The maximum atomic E-state index is 8.85. The van der Waals surface area contributed by atoms with E-state index in [0.717, 1.165) is 0 Å². The standard InChI is InChI=1S/C17H13ClN6O2/c1-25-14-4-2-9(6-11(14)18)17-22-12-7-10(3-5-15(12)26-17)23-24-13(8-19)16(20)21/h2-7,23H,1H3,(H3,20,21)/b24-13+. The molecular formula is C17H13ClN6O2. The molecule has 0 unspecified atom stereocenters. The monoisotopic (exact) mass is 368 g/mol. The molecular weight excluding hydrogens is 356 g/mol. The number of oxazole rings is 1. The van der Waals surface area contributed by atoms with Crippen LogP contribution in [0.1, 0.15) is 0 Å². The van der Waals surface area contributed by atoms with Crippen LogP contribution in [-0.4, -0.2) is 23.6 Å². The van der Waals surface area contributed by atoms with Crippen molar-refractivity contribution in [3.05, 3.63) is 41.4 Å². The number of nitrogens with one attached hydrogen (secondary N) is 2. The molecule has 3 aromatic rings. The molecule has 0 radical (unpaired) electrons. The average Bonchev–Trinajstić information content (AvgIpc) is 3.05. The molecule has 26 heavy (non-hydrogen) atoms. The molecule has 1 aromatic heterocycles. The molecule has 0 aliphatic carbocycles. The highest BCUT2D eigenvalue weighted by molar-refractivity contribution is 6.45. The first kappa shape index (κ1) is 17.3. The fourth-order valence-corrected chi connectivity index (χ4v) is 2.44. The predicted molar refractivity (Wildman–Crippen MR) is 99.6 cm³/mol. The lowest BCUT2D eigenvalue weighted by molar-refractivity contribution is 0.415. The van der Waals surface area contributed by atoms with Crippen molar-refractivity contribution >= 4 is 39.9 Å². The molecule has 0 saturated heterocycles. The second-order valence-corrected chi connectivity index (χ2v) is 5.56. The number of halogens is 1. The Balaban J connectivity index is 1.91. The molecule has 8 nitrogen and oxygen atoms in total. The van der Waals surface area contributed by atoms with Crippen LogP contribution in [0.15, 0.2) is 45.9 Å². The number of rotatable bonds is 5. The van der Waals surface area contributed by atoms with Crippen molar-refractivity contribution < 1.29 is 9.15 Å². The van der Waals surface area contributed by atoms with Gasteiger partial charge in [-0.15, -0.1) is 0 Å². The fourth-order valence-electron chi connectivity index (χ4n) is 2.19. The number of nitriles is 1. The normalized spacial score (nSPS) is 11.2. The van der Waals surface area contributed by atoms with Gasteiger partial charge in [0, 0.05) is 5.56 Å². The van der Waals surface area contributed by atoms with Crippen molar-refractivity contribution in [2.24, 2.45) is 10.8 Å². The van der Waals surface area contributed by atoms with E-state index in [2.05, 4.69) is 15.5 Å². The Bertz CT molecular complexity index is 1070. The van der Waals surface area contributed by atoms with Crippen LogP contribution in [0.3, 0.4) is 0 Å². The van der Waals surface area contributed by atoms with Gasteiger partial charge in [0.1, 0.15) is 17.3 Å². The van der Waals surface area contributed by atoms with Gasteiger partial charge in [-0.1, -0.05) is 11.6 Å². The average molecular weight is 369 g/mol. The quantitative estimate of drug-likeness (QED) is 0.359. The molecule has 4 N–H and O–H groups in total. The van der Waals surface area contributed by atoms with Crippen molar-refractivity contribution in [3.63, 3.8) is 0 Å². The van der Waals surface area contributed by atoms with Crippen LogP contribution in [0.2, 0.25) is 5.02 Å². The summed E-state index contributed by atoms with van der Waals surface area (Å²) in [4.78, 5) is 4.44. The Labute approximate surface area is 153 Å². The summed E-state index contributed by atoms with van der Waals surface area (Å²) in [6.45, 7) is 0. The summed E-state index contributed by atoms with van der Waals surface area (Å²) in [5, 5.41) is 20.3. The number of aromatic nitrogens is 1. The summed E-state index contributed by atoms with van der Waals surface area (Å²) in [6, 6.07) is 12.1. The molecule has 0 aliphatic rings. The Morgan fingerprint density at radius 1 is 1.38 bits per heavy atom. The summed E-state index contributed by atoms with van der Waals surface area (Å²) in [6.07, 6.45) is 0. The number of hydrazone groups is 1. The van der Waals surface area contributed by atoms with E-state index in [-0.39, 0.29) is 5.71 Å². The molecule has 3 rings (SSSR count).